The van der Waals surface area contributed by atoms with E-state index in [9.17, 15) is 19.5 Å². The van der Waals surface area contributed by atoms with Gasteiger partial charge in [0.05, 0.1) is 12.3 Å². The quantitative estimate of drug-likeness (QED) is 0.474. The highest BCUT2D eigenvalue weighted by Crippen LogP contribution is 2.27. The van der Waals surface area contributed by atoms with E-state index in [4.69, 9.17) is 0 Å². The molecular formula is C12H17N3O5. The Morgan fingerprint density at radius 1 is 1.55 bits per heavy atom. The molecule has 1 saturated heterocycles. The molecule has 2 aliphatic heterocycles. The van der Waals surface area contributed by atoms with Gasteiger partial charge in [-0.2, -0.15) is 0 Å². The third-order valence-corrected chi connectivity index (χ3v) is 3.62. The predicted octanol–water partition coefficient (Wildman–Crippen LogP) is -1.76. The number of hydrogen-bond acceptors (Lipinski definition) is 7. The monoisotopic (exact) mass is 283 g/mol. The number of likely N-dealkylation sites (N-methyl/N-ethyl adjacent to an activating group) is 1. The number of rotatable bonds is 5. The lowest BCUT2D eigenvalue weighted by Gasteiger charge is -2.38. The number of hydrogen-bond donors (Lipinski definition) is 1. The topological polar surface area (TPSA) is 99.5 Å². The summed E-state index contributed by atoms with van der Waals surface area (Å²) in [5, 5.41) is 9.72. The normalized spacial score (nSPS) is 30.4. The molecule has 0 aromatic carbocycles. The Labute approximate surface area is 116 Å². The van der Waals surface area contributed by atoms with Gasteiger partial charge in [0.2, 0.25) is 5.91 Å². The maximum atomic E-state index is 12.2. The molecule has 4 unspecified atom stereocenters. The van der Waals surface area contributed by atoms with Crippen molar-refractivity contribution in [2.75, 3.05) is 20.2 Å². The van der Waals surface area contributed by atoms with Crippen LogP contribution >= 0.6 is 0 Å². The molecule has 2 heterocycles. The first-order valence-electron chi connectivity index (χ1n) is 6.30. The van der Waals surface area contributed by atoms with E-state index in [2.05, 4.69) is 9.73 Å². The van der Waals surface area contributed by atoms with Gasteiger partial charge in [0.25, 0.3) is 6.47 Å². The highest BCUT2D eigenvalue weighted by atomic mass is 16.5. The second-order valence-electron chi connectivity index (χ2n) is 4.98. The molecule has 8 heteroatoms. The van der Waals surface area contributed by atoms with Crippen LogP contribution in [0.2, 0.25) is 0 Å². The van der Waals surface area contributed by atoms with Crippen LogP contribution in [0.1, 0.15) is 6.92 Å². The van der Waals surface area contributed by atoms with Gasteiger partial charge in [0, 0.05) is 13.6 Å². The van der Waals surface area contributed by atoms with Gasteiger partial charge < -0.3 is 19.6 Å². The SMILES string of the molecule is CC1C(=O)C2C(N=CN2CC(O)COC=O)N(C)C1=O. The number of aliphatic hydroxyl groups is 1. The molecule has 2 aliphatic rings. The molecule has 0 aromatic heterocycles. The number of fused-ring (bicyclic) bond motifs is 1. The van der Waals surface area contributed by atoms with Crippen molar-refractivity contribution < 1.29 is 24.2 Å². The zero-order valence-electron chi connectivity index (χ0n) is 11.3. The van der Waals surface area contributed by atoms with Crippen LogP contribution in [0.5, 0.6) is 0 Å². The molecule has 20 heavy (non-hydrogen) atoms. The average Bonchev–Trinajstić information content (AvgIpc) is 2.84. The van der Waals surface area contributed by atoms with E-state index in [1.165, 1.54) is 11.2 Å². The van der Waals surface area contributed by atoms with Gasteiger partial charge in [-0.15, -0.1) is 0 Å². The summed E-state index contributed by atoms with van der Waals surface area (Å²) < 4.78 is 4.48. The zero-order valence-corrected chi connectivity index (χ0v) is 11.3. The van der Waals surface area contributed by atoms with Crippen LogP contribution in [0.15, 0.2) is 4.99 Å². The molecule has 1 fully saturated rings. The van der Waals surface area contributed by atoms with Crippen LogP contribution in [-0.4, -0.2) is 77.9 Å². The first-order valence-corrected chi connectivity index (χ1v) is 6.30. The highest BCUT2D eigenvalue weighted by molar-refractivity contribution is 6.07. The van der Waals surface area contributed by atoms with Crippen LogP contribution in [0.25, 0.3) is 0 Å². The average molecular weight is 283 g/mol. The summed E-state index contributed by atoms with van der Waals surface area (Å²) in [4.78, 5) is 41.3. The van der Waals surface area contributed by atoms with Gasteiger partial charge in [-0.05, 0) is 6.92 Å². The summed E-state index contributed by atoms with van der Waals surface area (Å²) in [6.07, 6.45) is -0.0130. The molecule has 0 saturated carbocycles. The fraction of sp³-hybridized carbons (Fsp3) is 0.667. The number of ether oxygens (including phenoxy) is 1. The number of ketones is 1. The minimum atomic E-state index is -0.920. The van der Waals surface area contributed by atoms with Gasteiger partial charge in [-0.25, -0.2) is 4.99 Å². The van der Waals surface area contributed by atoms with Crippen molar-refractivity contribution in [3.8, 4) is 0 Å². The van der Waals surface area contributed by atoms with Crippen molar-refractivity contribution in [2.45, 2.75) is 25.2 Å². The largest absolute Gasteiger partial charge is 0.465 e. The third-order valence-electron chi connectivity index (χ3n) is 3.62. The van der Waals surface area contributed by atoms with Gasteiger partial charge in [0.15, 0.2) is 11.9 Å². The minimum absolute atomic E-state index is 0.110. The van der Waals surface area contributed by atoms with Crippen molar-refractivity contribution in [1.82, 2.24) is 9.80 Å². The van der Waals surface area contributed by atoms with E-state index >= 15 is 0 Å². The lowest BCUT2D eigenvalue weighted by atomic mass is 9.91. The molecule has 2 rings (SSSR count). The van der Waals surface area contributed by atoms with Gasteiger partial charge in [0.1, 0.15) is 18.8 Å². The Balaban J connectivity index is 2.07. The van der Waals surface area contributed by atoms with Crippen molar-refractivity contribution in [1.29, 1.82) is 0 Å². The van der Waals surface area contributed by atoms with Gasteiger partial charge in [-0.1, -0.05) is 0 Å². The summed E-state index contributed by atoms with van der Waals surface area (Å²) in [5.74, 6) is -1.17. The van der Waals surface area contributed by atoms with Crippen molar-refractivity contribution in [3.63, 3.8) is 0 Å². The molecule has 0 aliphatic carbocycles. The summed E-state index contributed by atoms with van der Waals surface area (Å²) in [6.45, 7) is 1.78. The maximum Gasteiger partial charge on any atom is 0.293 e. The first kappa shape index (κ1) is 14.4. The second kappa shape index (κ2) is 5.58. The van der Waals surface area contributed by atoms with Crippen LogP contribution < -0.4 is 0 Å². The Morgan fingerprint density at radius 3 is 2.90 bits per heavy atom. The van der Waals surface area contributed by atoms with E-state index < -0.39 is 24.2 Å². The van der Waals surface area contributed by atoms with Gasteiger partial charge in [-0.3, -0.25) is 14.4 Å². The number of β-amino-alcohol motifs (C(OH)–C–C–N with tert-alkyl or cyclic N) is 1. The number of carbonyl (C=O) groups excluding carboxylic acids is 3. The maximum absolute atomic E-state index is 12.2. The lowest BCUT2D eigenvalue weighted by Crippen LogP contribution is -2.60. The minimum Gasteiger partial charge on any atom is -0.465 e. The van der Waals surface area contributed by atoms with Crippen LogP contribution in [-0.2, 0) is 19.1 Å². The molecule has 1 amide bonds. The molecule has 0 radical (unpaired) electrons. The second-order valence-corrected chi connectivity index (χ2v) is 4.98. The first-order chi connectivity index (χ1) is 9.47. The van der Waals surface area contributed by atoms with Crippen molar-refractivity contribution in [3.05, 3.63) is 0 Å². The Hall–Kier alpha value is -1.96. The third kappa shape index (κ3) is 2.38. The molecule has 110 valence electrons. The molecule has 0 aromatic rings. The Bertz CT molecular complexity index is 452. The number of likely N-dealkylation sites (tertiary alicyclic amines) is 1. The molecular weight excluding hydrogens is 266 g/mol. The standard InChI is InChI=1S/C12H17N3O5/c1-7-10(18)9-11(14(2)12(7)19)13-5-15(9)3-8(17)4-20-6-16/h5-9,11,17H,3-4H2,1-2H3. The predicted molar refractivity (Wildman–Crippen MR) is 67.7 cm³/mol. The van der Waals surface area contributed by atoms with Crippen LogP contribution in [0.3, 0.4) is 0 Å². The number of nitrogens with zero attached hydrogens (tertiary/aromatic N) is 3. The number of carbonyl (C=O) groups is 3. The number of aliphatic imine (C=N–C) groups is 1. The smallest absolute Gasteiger partial charge is 0.293 e. The zero-order chi connectivity index (χ0) is 14.9. The molecule has 0 bridgehead atoms. The van der Waals surface area contributed by atoms with E-state index in [-0.39, 0.29) is 31.3 Å². The summed E-state index contributed by atoms with van der Waals surface area (Å²) in [7, 11) is 1.61. The summed E-state index contributed by atoms with van der Waals surface area (Å²) >= 11 is 0. The lowest BCUT2D eigenvalue weighted by molar-refractivity contribution is -0.150. The van der Waals surface area contributed by atoms with E-state index in [0.29, 0.717) is 0 Å². The highest BCUT2D eigenvalue weighted by Gasteiger charge is 2.49. The van der Waals surface area contributed by atoms with E-state index in [0.717, 1.165) is 0 Å². The van der Waals surface area contributed by atoms with Crippen LogP contribution in [0.4, 0.5) is 0 Å². The molecule has 0 spiro atoms. The fourth-order valence-electron chi connectivity index (χ4n) is 2.52. The Kier molecular flexibility index (Phi) is 4.03. The number of amides is 1. The van der Waals surface area contributed by atoms with Crippen LogP contribution in [0, 0.1) is 5.92 Å². The van der Waals surface area contributed by atoms with E-state index in [1.54, 1.807) is 18.9 Å². The number of piperidine rings is 1. The van der Waals surface area contributed by atoms with E-state index in [1.807, 2.05) is 0 Å². The summed E-state index contributed by atoms with van der Waals surface area (Å²) in [5.41, 5.74) is 0. The van der Waals surface area contributed by atoms with Gasteiger partial charge >= 0.3 is 0 Å². The fourth-order valence-corrected chi connectivity index (χ4v) is 2.52. The van der Waals surface area contributed by atoms with Crippen molar-refractivity contribution >= 4 is 24.5 Å². The Morgan fingerprint density at radius 2 is 2.25 bits per heavy atom. The molecule has 8 nitrogen and oxygen atoms in total. The molecule has 1 N–H and O–H groups in total. The number of Topliss-reactive ketones (excluding diaryl/α,β-unsaturated/α-hetero) is 1. The van der Waals surface area contributed by atoms with Crippen molar-refractivity contribution in [2.24, 2.45) is 10.9 Å². The number of aliphatic hydroxyl groups excluding tert-OH is 1. The molecule has 4 atom stereocenters. The summed E-state index contributed by atoms with van der Waals surface area (Å²) in [6, 6.07) is -0.585.